The second-order valence-electron chi connectivity index (χ2n) is 5.20. The number of nitrogens with one attached hydrogen (secondary N) is 1. The lowest BCUT2D eigenvalue weighted by molar-refractivity contribution is -0.132. The first-order chi connectivity index (χ1) is 12.0. The molecule has 6 heteroatoms. The summed E-state index contributed by atoms with van der Waals surface area (Å²) in [5, 5.41) is 12.0. The zero-order valence-electron chi connectivity index (χ0n) is 14.2. The Hall–Kier alpha value is -3.28. The van der Waals surface area contributed by atoms with Crippen LogP contribution in [0.15, 0.2) is 54.2 Å². The number of allylic oxidation sites excluding steroid dienone is 1. The van der Waals surface area contributed by atoms with Gasteiger partial charge in [0.15, 0.2) is 11.5 Å². The molecule has 6 nitrogen and oxygen atoms in total. The third-order valence-electron chi connectivity index (χ3n) is 3.68. The van der Waals surface area contributed by atoms with Gasteiger partial charge >= 0.3 is 5.97 Å². The molecule has 0 saturated heterocycles. The Bertz CT molecular complexity index is 812. The molecule has 1 amide bonds. The molecule has 0 unspecified atom stereocenters. The monoisotopic (exact) mass is 341 g/mol. The van der Waals surface area contributed by atoms with Crippen molar-refractivity contribution in [2.24, 2.45) is 0 Å². The molecule has 2 N–H and O–H groups in total. The molecule has 130 valence electrons. The number of carboxylic acid groups (broad SMARTS) is 1. The van der Waals surface area contributed by atoms with Crippen LogP contribution in [-0.4, -0.2) is 31.2 Å². The van der Waals surface area contributed by atoms with Crippen molar-refractivity contribution >= 4 is 17.4 Å². The lowest BCUT2D eigenvalue weighted by Gasteiger charge is -2.13. The minimum atomic E-state index is -1.23. The third kappa shape index (κ3) is 4.17. The second kappa shape index (κ2) is 8.01. The number of carboxylic acids is 1. The van der Waals surface area contributed by atoms with Crippen molar-refractivity contribution in [3.05, 3.63) is 65.4 Å². The zero-order chi connectivity index (χ0) is 18.4. The molecular weight excluding hydrogens is 322 g/mol. The van der Waals surface area contributed by atoms with Crippen molar-refractivity contribution in [3.8, 4) is 11.5 Å². The van der Waals surface area contributed by atoms with Crippen LogP contribution >= 0.6 is 0 Å². The first kappa shape index (κ1) is 18.1. The molecule has 0 aliphatic rings. The minimum absolute atomic E-state index is 0.193. The second-order valence-corrected chi connectivity index (χ2v) is 5.20. The Kier molecular flexibility index (Phi) is 5.79. The zero-order valence-corrected chi connectivity index (χ0v) is 14.2. The number of aliphatic carboxylic acids is 1. The SMILES string of the molecule is COc1ccc(C(C)=C(NC(=O)c2ccccc2)C(=O)O)cc1OC. The lowest BCUT2D eigenvalue weighted by Crippen LogP contribution is -2.28. The van der Waals surface area contributed by atoms with E-state index in [1.165, 1.54) is 14.2 Å². The summed E-state index contributed by atoms with van der Waals surface area (Å²) in [7, 11) is 3.01. The minimum Gasteiger partial charge on any atom is -0.493 e. The van der Waals surface area contributed by atoms with Gasteiger partial charge < -0.3 is 19.9 Å². The van der Waals surface area contributed by atoms with Gasteiger partial charge in [-0.1, -0.05) is 24.3 Å². The van der Waals surface area contributed by atoms with Crippen LogP contribution < -0.4 is 14.8 Å². The molecule has 0 bridgehead atoms. The van der Waals surface area contributed by atoms with Crippen LogP contribution in [0.2, 0.25) is 0 Å². The van der Waals surface area contributed by atoms with Gasteiger partial charge in [0.2, 0.25) is 0 Å². The van der Waals surface area contributed by atoms with Crippen molar-refractivity contribution in [1.29, 1.82) is 0 Å². The molecule has 2 aromatic rings. The summed E-state index contributed by atoms with van der Waals surface area (Å²) in [6.45, 7) is 1.62. The van der Waals surface area contributed by atoms with Gasteiger partial charge in [-0.3, -0.25) is 4.79 Å². The molecule has 0 saturated carbocycles. The number of carbonyl (C=O) groups excluding carboxylic acids is 1. The quantitative estimate of drug-likeness (QED) is 0.789. The van der Waals surface area contributed by atoms with E-state index < -0.39 is 11.9 Å². The van der Waals surface area contributed by atoms with E-state index in [9.17, 15) is 14.7 Å². The number of rotatable bonds is 6. The highest BCUT2D eigenvalue weighted by molar-refractivity contribution is 6.04. The van der Waals surface area contributed by atoms with Gasteiger partial charge in [0.1, 0.15) is 5.70 Å². The number of amides is 1. The highest BCUT2D eigenvalue weighted by Crippen LogP contribution is 2.31. The Morgan fingerprint density at radius 3 is 2.12 bits per heavy atom. The highest BCUT2D eigenvalue weighted by Gasteiger charge is 2.18. The summed E-state index contributed by atoms with van der Waals surface area (Å²) >= 11 is 0. The van der Waals surface area contributed by atoms with Crippen LogP contribution in [0.3, 0.4) is 0 Å². The van der Waals surface area contributed by atoms with E-state index in [4.69, 9.17) is 9.47 Å². The van der Waals surface area contributed by atoms with Crippen molar-refractivity contribution in [3.63, 3.8) is 0 Å². The van der Waals surface area contributed by atoms with Gasteiger partial charge in [-0.05, 0) is 42.3 Å². The molecule has 25 heavy (non-hydrogen) atoms. The van der Waals surface area contributed by atoms with Crippen molar-refractivity contribution in [1.82, 2.24) is 5.32 Å². The molecule has 0 aromatic heterocycles. The first-order valence-corrected chi connectivity index (χ1v) is 7.51. The molecule has 0 fully saturated rings. The fourth-order valence-corrected chi connectivity index (χ4v) is 2.30. The Morgan fingerprint density at radius 2 is 1.56 bits per heavy atom. The number of hydrogen-bond donors (Lipinski definition) is 2. The molecule has 0 aliphatic heterocycles. The van der Waals surface area contributed by atoms with E-state index in [0.29, 0.717) is 28.2 Å². The van der Waals surface area contributed by atoms with E-state index in [2.05, 4.69) is 5.32 Å². The summed E-state index contributed by atoms with van der Waals surface area (Å²) in [4.78, 5) is 23.9. The van der Waals surface area contributed by atoms with Crippen molar-refractivity contribution in [2.45, 2.75) is 6.92 Å². The van der Waals surface area contributed by atoms with Crippen molar-refractivity contribution < 1.29 is 24.2 Å². The van der Waals surface area contributed by atoms with E-state index in [1.54, 1.807) is 55.5 Å². The first-order valence-electron chi connectivity index (χ1n) is 7.51. The summed E-state index contributed by atoms with van der Waals surface area (Å²) < 4.78 is 10.4. The number of hydrogen-bond acceptors (Lipinski definition) is 4. The maximum atomic E-state index is 12.3. The molecule has 0 atom stereocenters. The summed E-state index contributed by atoms with van der Waals surface area (Å²) in [6, 6.07) is 13.5. The van der Waals surface area contributed by atoms with Gasteiger partial charge in [-0.2, -0.15) is 0 Å². The maximum absolute atomic E-state index is 12.3. The fourth-order valence-electron chi connectivity index (χ4n) is 2.30. The van der Waals surface area contributed by atoms with E-state index in [1.807, 2.05) is 0 Å². The van der Waals surface area contributed by atoms with Crippen LogP contribution in [0, 0.1) is 0 Å². The number of ether oxygens (including phenoxy) is 2. The average Bonchev–Trinajstić information content (AvgIpc) is 2.65. The lowest BCUT2D eigenvalue weighted by atomic mass is 10.0. The Balaban J connectivity index is 2.40. The molecule has 0 aliphatic carbocycles. The van der Waals surface area contributed by atoms with E-state index in [-0.39, 0.29) is 5.70 Å². The smallest absolute Gasteiger partial charge is 0.352 e. The molecule has 0 heterocycles. The summed E-state index contributed by atoms with van der Waals surface area (Å²) in [5.41, 5.74) is 1.18. The molecular formula is C19H19NO5. The maximum Gasteiger partial charge on any atom is 0.352 e. The van der Waals surface area contributed by atoms with Crippen LogP contribution in [0.1, 0.15) is 22.8 Å². The van der Waals surface area contributed by atoms with Crippen LogP contribution in [0.25, 0.3) is 5.57 Å². The molecule has 2 aromatic carbocycles. The van der Waals surface area contributed by atoms with Gasteiger partial charge in [0, 0.05) is 5.56 Å². The summed E-state index contributed by atoms with van der Waals surface area (Å²) in [6.07, 6.45) is 0. The van der Waals surface area contributed by atoms with Gasteiger partial charge in [-0.15, -0.1) is 0 Å². The van der Waals surface area contributed by atoms with Gasteiger partial charge in [0.05, 0.1) is 14.2 Å². The molecule has 2 rings (SSSR count). The molecule has 0 radical (unpaired) electrons. The van der Waals surface area contributed by atoms with E-state index in [0.717, 1.165) is 0 Å². The average molecular weight is 341 g/mol. The fraction of sp³-hybridized carbons (Fsp3) is 0.158. The number of methoxy groups -OCH3 is 2. The standard InChI is InChI=1S/C19H19NO5/c1-12(14-9-10-15(24-2)16(11-14)25-3)17(19(22)23)20-18(21)13-7-5-4-6-8-13/h4-11H,1-3H3,(H,20,21)(H,22,23). The topological polar surface area (TPSA) is 84.9 Å². The largest absolute Gasteiger partial charge is 0.493 e. The Labute approximate surface area is 145 Å². The van der Waals surface area contributed by atoms with Crippen LogP contribution in [0.4, 0.5) is 0 Å². The predicted octanol–water partition coefficient (Wildman–Crippen LogP) is 2.95. The predicted molar refractivity (Wildman–Crippen MR) is 93.7 cm³/mol. The van der Waals surface area contributed by atoms with Crippen LogP contribution in [0.5, 0.6) is 11.5 Å². The number of benzene rings is 2. The summed E-state index contributed by atoms with van der Waals surface area (Å²) in [5.74, 6) is -0.711. The Morgan fingerprint density at radius 1 is 0.920 bits per heavy atom. The molecule has 0 spiro atoms. The number of carbonyl (C=O) groups is 2. The highest BCUT2D eigenvalue weighted by atomic mass is 16.5. The van der Waals surface area contributed by atoms with Gasteiger partial charge in [0.25, 0.3) is 5.91 Å². The van der Waals surface area contributed by atoms with Crippen molar-refractivity contribution in [2.75, 3.05) is 14.2 Å². The normalized spacial score (nSPS) is 11.3. The van der Waals surface area contributed by atoms with Crippen LogP contribution in [-0.2, 0) is 4.79 Å². The third-order valence-corrected chi connectivity index (χ3v) is 3.68. The van der Waals surface area contributed by atoms with Gasteiger partial charge in [-0.25, -0.2) is 4.79 Å². The van der Waals surface area contributed by atoms with E-state index >= 15 is 0 Å².